The number of hydrogen-bond acceptors (Lipinski definition) is 2. The summed E-state index contributed by atoms with van der Waals surface area (Å²) in [4.78, 5) is 15.2. The molecule has 2 heterocycles. The van der Waals surface area contributed by atoms with Crippen molar-refractivity contribution in [1.29, 1.82) is 0 Å². The van der Waals surface area contributed by atoms with E-state index in [4.69, 9.17) is 0 Å². The predicted molar refractivity (Wildman–Crippen MR) is 57.9 cm³/mol. The van der Waals surface area contributed by atoms with Crippen LogP contribution in [0, 0.1) is 9.39 Å². The molecule has 0 radical (unpaired) electrons. The van der Waals surface area contributed by atoms with Gasteiger partial charge in [0.1, 0.15) is 11.5 Å². The van der Waals surface area contributed by atoms with E-state index in [2.05, 4.69) is 4.98 Å². The van der Waals surface area contributed by atoms with Crippen molar-refractivity contribution in [3.05, 3.63) is 33.5 Å². The lowest BCUT2D eigenvalue weighted by Gasteiger charge is -1.99. The summed E-state index contributed by atoms with van der Waals surface area (Å²) in [7, 11) is 0. The first-order valence-electron chi connectivity index (χ1n) is 3.92. The monoisotopic (exact) mass is 304 g/mol. The maximum Gasteiger partial charge on any atom is 0.178 e. The Labute approximate surface area is 93.1 Å². The molecule has 0 aliphatic carbocycles. The summed E-state index contributed by atoms with van der Waals surface area (Å²) in [5, 5.41) is 0. The molecular formula is C9H6FIN2O. The zero-order chi connectivity index (χ0) is 10.3. The summed E-state index contributed by atoms with van der Waals surface area (Å²) in [6, 6.07) is 1.38. The van der Waals surface area contributed by atoms with Gasteiger partial charge in [0, 0.05) is 13.1 Å². The Hall–Kier alpha value is -0.980. The minimum absolute atomic E-state index is 0.126. The SMILES string of the molecule is CC(=O)c1cnc2c(I)cc(F)cn12. The molecule has 2 aromatic rings. The largest absolute Gasteiger partial charge is 0.293 e. The Bertz CT molecular complexity index is 521. The molecule has 0 bridgehead atoms. The van der Waals surface area contributed by atoms with E-state index in [0.717, 1.165) is 0 Å². The minimum atomic E-state index is -0.373. The Morgan fingerprint density at radius 1 is 1.64 bits per heavy atom. The number of aromatic nitrogens is 2. The molecule has 2 rings (SSSR count). The Morgan fingerprint density at radius 2 is 2.36 bits per heavy atom. The van der Waals surface area contributed by atoms with Crippen molar-refractivity contribution >= 4 is 34.0 Å². The van der Waals surface area contributed by atoms with Gasteiger partial charge in [0.05, 0.1) is 9.77 Å². The number of nitrogens with zero attached hydrogens (tertiary/aromatic N) is 2. The average Bonchev–Trinajstić information content (AvgIpc) is 2.47. The van der Waals surface area contributed by atoms with Crippen molar-refractivity contribution in [3.63, 3.8) is 0 Å². The quantitative estimate of drug-likeness (QED) is 0.598. The van der Waals surface area contributed by atoms with Crippen LogP contribution in [-0.4, -0.2) is 15.2 Å². The van der Waals surface area contributed by atoms with Crippen LogP contribution in [0.15, 0.2) is 18.5 Å². The maximum atomic E-state index is 13.1. The van der Waals surface area contributed by atoms with E-state index in [1.54, 1.807) is 0 Å². The topological polar surface area (TPSA) is 34.4 Å². The van der Waals surface area contributed by atoms with Crippen molar-refractivity contribution in [2.75, 3.05) is 0 Å². The summed E-state index contributed by atoms with van der Waals surface area (Å²) in [6.45, 7) is 1.43. The van der Waals surface area contributed by atoms with Crippen LogP contribution in [0.1, 0.15) is 17.4 Å². The highest BCUT2D eigenvalue weighted by molar-refractivity contribution is 14.1. The van der Waals surface area contributed by atoms with Gasteiger partial charge in [0.2, 0.25) is 0 Å². The molecule has 0 aliphatic rings. The molecule has 0 amide bonds. The number of rotatable bonds is 1. The standard InChI is InChI=1S/C9H6FIN2O/c1-5(14)8-3-12-9-7(11)2-6(10)4-13(8)9/h2-4H,1H3. The number of carbonyl (C=O) groups is 1. The third kappa shape index (κ3) is 1.41. The van der Waals surface area contributed by atoms with Crippen LogP contribution in [0.3, 0.4) is 0 Å². The van der Waals surface area contributed by atoms with Crippen molar-refractivity contribution in [1.82, 2.24) is 9.38 Å². The van der Waals surface area contributed by atoms with Crippen LogP contribution in [0.5, 0.6) is 0 Å². The second kappa shape index (κ2) is 3.30. The van der Waals surface area contributed by atoms with Crippen molar-refractivity contribution < 1.29 is 9.18 Å². The molecule has 0 aliphatic heterocycles. The predicted octanol–water partition coefficient (Wildman–Crippen LogP) is 2.28. The molecule has 0 aromatic carbocycles. The van der Waals surface area contributed by atoms with E-state index in [1.165, 1.54) is 29.8 Å². The first-order chi connectivity index (χ1) is 6.59. The fraction of sp³-hybridized carbons (Fsp3) is 0.111. The van der Waals surface area contributed by atoms with Gasteiger partial charge in [-0.1, -0.05) is 0 Å². The third-order valence-corrected chi connectivity index (χ3v) is 2.68. The van der Waals surface area contributed by atoms with Gasteiger partial charge in [-0.25, -0.2) is 9.37 Å². The molecule has 0 N–H and O–H groups in total. The second-order valence-electron chi connectivity index (χ2n) is 2.90. The van der Waals surface area contributed by atoms with Crippen molar-refractivity contribution in [2.45, 2.75) is 6.92 Å². The molecule has 2 aromatic heterocycles. The number of ketones is 1. The molecule has 0 unspecified atom stereocenters. The van der Waals surface area contributed by atoms with Crippen LogP contribution in [0.4, 0.5) is 4.39 Å². The van der Waals surface area contributed by atoms with E-state index in [1.807, 2.05) is 22.6 Å². The molecule has 3 nitrogen and oxygen atoms in total. The first kappa shape index (κ1) is 9.57. The van der Waals surface area contributed by atoms with Gasteiger partial charge in [0.15, 0.2) is 11.4 Å². The lowest BCUT2D eigenvalue weighted by molar-refractivity contribution is 0.101. The highest BCUT2D eigenvalue weighted by atomic mass is 127. The normalized spacial score (nSPS) is 10.8. The van der Waals surface area contributed by atoms with E-state index in [9.17, 15) is 9.18 Å². The average molecular weight is 304 g/mol. The molecule has 72 valence electrons. The number of halogens is 2. The number of carbonyl (C=O) groups excluding carboxylic acids is 1. The van der Waals surface area contributed by atoms with Crippen LogP contribution in [0.2, 0.25) is 0 Å². The summed E-state index contributed by atoms with van der Waals surface area (Å²) in [5.41, 5.74) is 1.01. The molecular weight excluding hydrogens is 298 g/mol. The Morgan fingerprint density at radius 3 is 3.00 bits per heavy atom. The lowest BCUT2D eigenvalue weighted by atomic mass is 10.3. The number of pyridine rings is 1. The van der Waals surface area contributed by atoms with Gasteiger partial charge in [-0.15, -0.1) is 0 Å². The van der Waals surface area contributed by atoms with Gasteiger partial charge in [0.25, 0.3) is 0 Å². The second-order valence-corrected chi connectivity index (χ2v) is 4.06. The fourth-order valence-electron chi connectivity index (χ4n) is 1.27. The number of Topliss-reactive ketones (excluding diaryl/α,β-unsaturated/α-hetero) is 1. The van der Waals surface area contributed by atoms with E-state index >= 15 is 0 Å². The third-order valence-electron chi connectivity index (χ3n) is 1.89. The smallest absolute Gasteiger partial charge is 0.178 e. The highest BCUT2D eigenvalue weighted by Crippen LogP contribution is 2.16. The summed E-state index contributed by atoms with van der Waals surface area (Å²) in [5.74, 6) is -0.499. The van der Waals surface area contributed by atoms with E-state index in [0.29, 0.717) is 14.9 Å². The maximum absolute atomic E-state index is 13.1. The molecule has 5 heteroatoms. The highest BCUT2D eigenvalue weighted by Gasteiger charge is 2.10. The van der Waals surface area contributed by atoms with Crippen molar-refractivity contribution in [3.8, 4) is 0 Å². The fourth-order valence-corrected chi connectivity index (χ4v) is 1.97. The lowest BCUT2D eigenvalue weighted by Crippen LogP contribution is -1.99. The molecule has 14 heavy (non-hydrogen) atoms. The van der Waals surface area contributed by atoms with Gasteiger partial charge < -0.3 is 0 Å². The summed E-state index contributed by atoms with van der Waals surface area (Å²) in [6.07, 6.45) is 2.72. The molecule has 0 atom stereocenters. The van der Waals surface area contributed by atoms with Gasteiger partial charge in [-0.05, 0) is 28.7 Å². The zero-order valence-corrected chi connectivity index (χ0v) is 9.45. The van der Waals surface area contributed by atoms with Crippen LogP contribution >= 0.6 is 22.6 Å². The van der Waals surface area contributed by atoms with Gasteiger partial charge in [-0.3, -0.25) is 9.20 Å². The van der Waals surface area contributed by atoms with E-state index in [-0.39, 0.29) is 11.6 Å². The summed E-state index contributed by atoms with van der Waals surface area (Å²) < 4.78 is 15.2. The van der Waals surface area contributed by atoms with Crippen molar-refractivity contribution in [2.24, 2.45) is 0 Å². The molecule has 0 fully saturated rings. The van der Waals surface area contributed by atoms with Gasteiger partial charge >= 0.3 is 0 Å². The Kier molecular flexibility index (Phi) is 2.26. The molecule has 0 saturated carbocycles. The first-order valence-corrected chi connectivity index (χ1v) is 5.00. The van der Waals surface area contributed by atoms with E-state index < -0.39 is 0 Å². The van der Waals surface area contributed by atoms with Crippen LogP contribution < -0.4 is 0 Å². The number of fused-ring (bicyclic) bond motifs is 1. The van der Waals surface area contributed by atoms with Crippen LogP contribution in [-0.2, 0) is 0 Å². The minimum Gasteiger partial charge on any atom is -0.293 e. The van der Waals surface area contributed by atoms with Crippen LogP contribution in [0.25, 0.3) is 5.65 Å². The zero-order valence-electron chi connectivity index (χ0n) is 7.29. The number of hydrogen-bond donors (Lipinski definition) is 0. The summed E-state index contributed by atoms with van der Waals surface area (Å²) >= 11 is 1.99. The molecule has 0 spiro atoms. The van der Waals surface area contributed by atoms with Gasteiger partial charge in [-0.2, -0.15) is 0 Å². The Balaban J connectivity index is 2.85. The molecule has 0 saturated heterocycles. The number of imidazole rings is 1.